The number of carbonyl (C=O) groups is 1. The summed E-state index contributed by atoms with van der Waals surface area (Å²) in [7, 11) is 0. The van der Waals surface area contributed by atoms with Gasteiger partial charge in [0.25, 0.3) is 5.91 Å². The van der Waals surface area contributed by atoms with Gasteiger partial charge in [0.1, 0.15) is 5.75 Å². The van der Waals surface area contributed by atoms with Gasteiger partial charge in [-0.15, -0.1) is 0 Å². The topological polar surface area (TPSA) is 38.3 Å². The van der Waals surface area contributed by atoms with E-state index in [1.54, 1.807) is 0 Å². The second kappa shape index (κ2) is 6.65. The van der Waals surface area contributed by atoms with E-state index in [1.165, 1.54) is 5.56 Å². The maximum Gasteiger partial charge on any atom is 0.262 e. The molecule has 1 amide bonds. The Kier molecular flexibility index (Phi) is 4.86. The molecule has 0 radical (unpaired) electrons. The molecule has 0 spiro atoms. The number of nitrogens with one attached hydrogen (secondary N) is 1. The molecule has 2 aromatic rings. The smallest absolute Gasteiger partial charge is 0.262 e. The zero-order valence-electron chi connectivity index (χ0n) is 13.9. The van der Waals surface area contributed by atoms with Crippen LogP contribution in [0.2, 0.25) is 0 Å². The highest BCUT2D eigenvalue weighted by Crippen LogP contribution is 2.22. The third-order valence-electron chi connectivity index (χ3n) is 3.51. The summed E-state index contributed by atoms with van der Waals surface area (Å²) < 4.78 is 5.59. The van der Waals surface area contributed by atoms with Crippen LogP contribution < -0.4 is 10.1 Å². The molecule has 0 bridgehead atoms. The number of hydrogen-bond acceptors (Lipinski definition) is 2. The Bertz CT molecular complexity index is 661. The van der Waals surface area contributed by atoms with Gasteiger partial charge in [-0.05, 0) is 69.0 Å². The highest BCUT2D eigenvalue weighted by Gasteiger charge is 2.09. The van der Waals surface area contributed by atoms with E-state index in [0.29, 0.717) is 0 Å². The minimum absolute atomic E-state index is 0.00957. The van der Waals surface area contributed by atoms with Crippen molar-refractivity contribution in [3.8, 4) is 5.75 Å². The Morgan fingerprint density at radius 3 is 1.91 bits per heavy atom. The molecule has 0 saturated carbocycles. The molecule has 0 saturated heterocycles. The SMILES string of the molecule is Cc1cc(C)cc(OCC(=O)Nc2c(C)cc(C)cc2C)c1. The van der Waals surface area contributed by atoms with Crippen molar-refractivity contribution in [2.24, 2.45) is 0 Å². The number of anilines is 1. The molecule has 0 unspecified atom stereocenters. The van der Waals surface area contributed by atoms with Crippen LogP contribution in [-0.2, 0) is 4.79 Å². The summed E-state index contributed by atoms with van der Waals surface area (Å²) in [6.07, 6.45) is 0. The monoisotopic (exact) mass is 297 g/mol. The highest BCUT2D eigenvalue weighted by molar-refractivity contribution is 5.93. The molecular formula is C19H23NO2. The molecule has 3 nitrogen and oxygen atoms in total. The van der Waals surface area contributed by atoms with Gasteiger partial charge < -0.3 is 10.1 Å². The Balaban J connectivity index is 2.02. The molecule has 22 heavy (non-hydrogen) atoms. The first-order valence-corrected chi connectivity index (χ1v) is 7.44. The molecule has 1 N–H and O–H groups in total. The fraction of sp³-hybridized carbons (Fsp3) is 0.316. The van der Waals surface area contributed by atoms with Crippen molar-refractivity contribution in [3.63, 3.8) is 0 Å². The summed E-state index contributed by atoms with van der Waals surface area (Å²) in [4.78, 5) is 12.1. The lowest BCUT2D eigenvalue weighted by Crippen LogP contribution is -2.21. The molecule has 116 valence electrons. The predicted molar refractivity (Wildman–Crippen MR) is 90.7 cm³/mol. The summed E-state index contributed by atoms with van der Waals surface area (Å²) in [5.41, 5.74) is 6.45. The van der Waals surface area contributed by atoms with Crippen molar-refractivity contribution in [2.75, 3.05) is 11.9 Å². The van der Waals surface area contributed by atoms with E-state index in [4.69, 9.17) is 4.74 Å². The normalized spacial score (nSPS) is 10.4. The number of benzene rings is 2. The summed E-state index contributed by atoms with van der Waals surface area (Å²) in [5, 5.41) is 2.94. The second-order valence-corrected chi connectivity index (χ2v) is 5.93. The van der Waals surface area contributed by atoms with E-state index < -0.39 is 0 Å². The average Bonchev–Trinajstić information content (AvgIpc) is 2.39. The molecule has 0 aliphatic rings. The van der Waals surface area contributed by atoms with Gasteiger partial charge in [-0.3, -0.25) is 4.79 Å². The van der Waals surface area contributed by atoms with E-state index in [2.05, 4.69) is 30.4 Å². The summed E-state index contributed by atoms with van der Waals surface area (Å²) >= 11 is 0. The summed E-state index contributed by atoms with van der Waals surface area (Å²) in [6.45, 7) is 10.1. The van der Waals surface area contributed by atoms with Crippen molar-refractivity contribution in [2.45, 2.75) is 34.6 Å². The fourth-order valence-electron chi connectivity index (χ4n) is 2.72. The molecule has 0 fully saturated rings. The standard InChI is InChI=1S/C19H23NO2/c1-12-6-13(2)10-17(9-12)22-11-18(21)20-19-15(4)7-14(3)8-16(19)5/h6-10H,11H2,1-5H3,(H,20,21). The molecule has 0 aliphatic heterocycles. The third-order valence-corrected chi connectivity index (χ3v) is 3.51. The molecule has 0 aromatic heterocycles. The molecule has 2 aromatic carbocycles. The minimum atomic E-state index is -0.144. The van der Waals surface area contributed by atoms with Crippen LogP contribution in [0.25, 0.3) is 0 Å². The molecule has 0 atom stereocenters. The summed E-state index contributed by atoms with van der Waals surface area (Å²) in [5.74, 6) is 0.583. The first-order chi connectivity index (χ1) is 10.3. The zero-order chi connectivity index (χ0) is 16.3. The van der Waals surface area contributed by atoms with E-state index in [1.807, 2.05) is 39.8 Å². The van der Waals surface area contributed by atoms with Crippen LogP contribution in [-0.4, -0.2) is 12.5 Å². The molecule has 3 heteroatoms. The van der Waals surface area contributed by atoms with Crippen LogP contribution in [0.15, 0.2) is 30.3 Å². The fourth-order valence-corrected chi connectivity index (χ4v) is 2.72. The van der Waals surface area contributed by atoms with Gasteiger partial charge in [-0.2, -0.15) is 0 Å². The van der Waals surface area contributed by atoms with Crippen molar-refractivity contribution in [1.29, 1.82) is 0 Å². The van der Waals surface area contributed by atoms with Gasteiger partial charge in [-0.1, -0.05) is 23.8 Å². The average molecular weight is 297 g/mol. The highest BCUT2D eigenvalue weighted by atomic mass is 16.5. The third kappa shape index (κ3) is 4.10. The Morgan fingerprint density at radius 2 is 1.36 bits per heavy atom. The summed E-state index contributed by atoms with van der Waals surface area (Å²) in [6, 6.07) is 10.1. The van der Waals surface area contributed by atoms with Gasteiger partial charge in [-0.25, -0.2) is 0 Å². The van der Waals surface area contributed by atoms with Gasteiger partial charge >= 0.3 is 0 Å². The quantitative estimate of drug-likeness (QED) is 0.916. The molecule has 0 aliphatic carbocycles. The van der Waals surface area contributed by atoms with Gasteiger partial charge in [0.2, 0.25) is 0 Å². The number of rotatable bonds is 4. The van der Waals surface area contributed by atoms with Crippen LogP contribution in [0.5, 0.6) is 5.75 Å². The van der Waals surface area contributed by atoms with Gasteiger partial charge in [0.05, 0.1) is 0 Å². The number of carbonyl (C=O) groups excluding carboxylic acids is 1. The van der Waals surface area contributed by atoms with E-state index in [9.17, 15) is 4.79 Å². The number of ether oxygens (including phenoxy) is 1. The molecular weight excluding hydrogens is 274 g/mol. The Labute approximate surface area is 132 Å². The number of hydrogen-bond donors (Lipinski definition) is 1. The lowest BCUT2D eigenvalue weighted by Gasteiger charge is -2.13. The number of aryl methyl sites for hydroxylation is 5. The first kappa shape index (κ1) is 16.1. The van der Waals surface area contributed by atoms with Crippen molar-refractivity contribution in [3.05, 3.63) is 58.1 Å². The maximum absolute atomic E-state index is 12.1. The Hall–Kier alpha value is -2.29. The number of amides is 1. The Morgan fingerprint density at radius 1 is 0.864 bits per heavy atom. The van der Waals surface area contributed by atoms with Crippen LogP contribution >= 0.6 is 0 Å². The van der Waals surface area contributed by atoms with E-state index in [0.717, 1.165) is 33.7 Å². The van der Waals surface area contributed by atoms with Gasteiger partial charge in [0.15, 0.2) is 6.61 Å². The van der Waals surface area contributed by atoms with Crippen LogP contribution in [0, 0.1) is 34.6 Å². The van der Waals surface area contributed by atoms with Crippen LogP contribution in [0.4, 0.5) is 5.69 Å². The molecule has 2 rings (SSSR count). The lowest BCUT2D eigenvalue weighted by molar-refractivity contribution is -0.118. The predicted octanol–water partition coefficient (Wildman–Crippen LogP) is 4.25. The van der Waals surface area contributed by atoms with E-state index >= 15 is 0 Å². The van der Waals surface area contributed by atoms with Gasteiger partial charge in [0, 0.05) is 5.69 Å². The van der Waals surface area contributed by atoms with Crippen molar-refractivity contribution in [1.82, 2.24) is 0 Å². The van der Waals surface area contributed by atoms with Crippen LogP contribution in [0.3, 0.4) is 0 Å². The van der Waals surface area contributed by atoms with Crippen molar-refractivity contribution >= 4 is 11.6 Å². The zero-order valence-corrected chi connectivity index (χ0v) is 13.9. The minimum Gasteiger partial charge on any atom is -0.484 e. The second-order valence-electron chi connectivity index (χ2n) is 5.93. The van der Waals surface area contributed by atoms with Crippen LogP contribution in [0.1, 0.15) is 27.8 Å². The van der Waals surface area contributed by atoms with Crippen molar-refractivity contribution < 1.29 is 9.53 Å². The maximum atomic E-state index is 12.1. The van der Waals surface area contributed by atoms with E-state index in [-0.39, 0.29) is 12.5 Å². The molecule has 0 heterocycles. The lowest BCUT2D eigenvalue weighted by atomic mass is 10.1. The largest absolute Gasteiger partial charge is 0.484 e. The first-order valence-electron chi connectivity index (χ1n) is 7.44.